The summed E-state index contributed by atoms with van der Waals surface area (Å²) in [5, 5.41) is 24.4. The van der Waals surface area contributed by atoms with Crippen molar-refractivity contribution >= 4 is 48.4 Å². The molecule has 134 heavy (non-hydrogen) atoms. The smallest absolute Gasteiger partial charge is 0.407 e. The summed E-state index contributed by atoms with van der Waals surface area (Å²) >= 11 is 0. The van der Waals surface area contributed by atoms with Gasteiger partial charge in [0.1, 0.15) is 77.9 Å². The number of fused-ring (bicyclic) bond motifs is 8. The first-order valence-corrected chi connectivity index (χ1v) is 60.8. The summed E-state index contributed by atoms with van der Waals surface area (Å²) in [6, 6.07) is 0. The van der Waals surface area contributed by atoms with Crippen LogP contribution in [0.4, 0.5) is 4.79 Å². The Balaban J connectivity index is 0.000000219. The molecule has 760 valence electrons. The topological polar surface area (TPSA) is 287 Å². The SMILES string of the molecule is C=C1C[C@@H]2CCC(=O)C/C=C/[C@H](O[Si](C)(C)C(C)(C)C)[C@@H]3O[C@H]4CC[C@H](CC(=O)C[C@H]5[C@H](CC6O[C@@H](CCC1O2)C[C@@H](C)C6=C)OC(C[C@H](O)CC)[C@@H]5C)O[C@@H]4[C@H](O[Si](C)(C)C(C)(C)C)[C@@H]3O[Si](C)(C)C(C)(C)C.C=C1C[C@@H]2CC[C@@]34C[C@H]5O[C@H]6[C@@H](O3)[C@H]3O[C@H](CC[C@@H]3O[C@H]6[C@H]5O4)CC(=O)C(C)[C@H]3[C@H](CC4O[C@@H](CCC1O2)C[C@@H](C)C4=C)OC(C[C@H](O)CNC(=O)OC(C)(C)C)[C@@H]3OC. The molecule has 1 amide bonds. The molecule has 18 heterocycles. The number of alkyl carbamates (subject to hydrolysis) is 1. The first-order chi connectivity index (χ1) is 62.7. The van der Waals surface area contributed by atoms with E-state index in [1.54, 1.807) is 27.9 Å². The van der Waals surface area contributed by atoms with Gasteiger partial charge < -0.3 is 99.9 Å². The van der Waals surface area contributed by atoms with Crippen LogP contribution in [0.25, 0.3) is 0 Å². The number of methoxy groups -OCH3 is 1. The molecule has 0 aromatic rings. The Labute approximate surface area is 806 Å². The zero-order valence-corrected chi connectivity index (χ0v) is 89.2. The molecule has 0 aliphatic carbocycles. The third-order valence-corrected chi connectivity index (χ3v) is 48.3. The summed E-state index contributed by atoms with van der Waals surface area (Å²) < 4.78 is 124. The number of Topliss-reactive ketones (excluding diaryl/α,β-unsaturated/α-hetero) is 3. The van der Waals surface area contributed by atoms with E-state index in [-0.39, 0.29) is 210 Å². The number of amides is 1. The molecule has 1 spiro atoms. The van der Waals surface area contributed by atoms with Crippen LogP contribution in [0, 0.1) is 35.5 Å². The second-order valence-corrected chi connectivity index (χ2v) is 63.3. The van der Waals surface area contributed by atoms with Gasteiger partial charge in [-0.15, -0.1) is 0 Å². The number of carbonyl (C=O) groups excluding carboxylic acids is 4. The molecular weight excluding hydrogens is 1760 g/mol. The number of hydrogen-bond acceptors (Lipinski definition) is 24. The lowest BCUT2D eigenvalue weighted by molar-refractivity contribution is -0.292. The van der Waals surface area contributed by atoms with Gasteiger partial charge in [-0.25, -0.2) is 4.79 Å². The van der Waals surface area contributed by atoms with Gasteiger partial charge in [-0.3, -0.25) is 14.4 Å². The van der Waals surface area contributed by atoms with Gasteiger partial charge >= 0.3 is 6.09 Å². The van der Waals surface area contributed by atoms with Crippen molar-refractivity contribution < 1.29 is 114 Å². The highest BCUT2D eigenvalue weighted by molar-refractivity contribution is 6.75. The lowest BCUT2D eigenvalue weighted by Crippen LogP contribution is -2.69. The summed E-state index contributed by atoms with van der Waals surface area (Å²) in [6.07, 6.45) is 10.4. The minimum atomic E-state index is -2.54. The summed E-state index contributed by atoms with van der Waals surface area (Å²) in [6.45, 7) is 68.1. The number of allylic oxidation sites excluding steroid dienone is 1. The first-order valence-electron chi connectivity index (χ1n) is 52.1. The number of rotatable bonds is 14. The van der Waals surface area contributed by atoms with Crippen LogP contribution in [0.5, 0.6) is 0 Å². The molecule has 7 unspecified atom stereocenters. The highest BCUT2D eigenvalue weighted by Gasteiger charge is 2.70. The molecule has 20 bridgehead atoms. The molecule has 15 fully saturated rings. The average Bonchev–Trinajstić information content (AvgIpc) is 1.54. The van der Waals surface area contributed by atoms with Gasteiger partial charge in [0.15, 0.2) is 30.7 Å². The fourth-order valence-electron chi connectivity index (χ4n) is 23.6. The van der Waals surface area contributed by atoms with E-state index in [1.165, 1.54) is 0 Å². The standard InChI is InChI=1S/C60H106O11Si3.C46H69NO13/c1-21-41(61)35-51-40(5)47-34-43(63)33-46-28-30-49-54(66-46)56(70-73(17,18)59(9,10)11)57(71-74(19,20)60(12,13)14)55(68-49)50(69-72(15,16)58(6,7)8)24-22-23-42(62)25-26-44-32-38(3)48(64-44)29-27-45-31-37(2)39(4)52(65-45)36-53(47)67-51;1-22-15-27-9-11-31-23(2)16-29(52-31)13-14-46-20-36-40(58-46)41-42(57-36)43(59-46)39-32(56-41)12-10-28(54-39)18-30(49)25(4)37-34(19-33(53-27)24(22)3)55-35(38(37)51-8)17-26(48)21-47-44(50)60-45(5,6)7/h22,24,37,40-41,44-57,61H,3-4,21,23,25-36H2,1-2,5-20H3;22,25-29,31-43,48H,2-3,9-21H2,1,4-8H3,(H,47,50)/b24-22+;/t37-,40-,41-,44+,45+,46-,47-,48?,49+,50+,51?,52?,53+,54+,55+,56+,57-;22-,25?,26+,27+,28-,29+,31?,32+,33?,34+,35?,36-,37+,38+,39+,40+,41+,42-,43+,46+/m11/s1. The predicted molar refractivity (Wildman–Crippen MR) is 521 cm³/mol. The fourth-order valence-corrected chi connectivity index (χ4v) is 27.5. The Hall–Kier alpha value is -3.13. The molecule has 15 saturated heterocycles. The molecule has 0 saturated carbocycles. The largest absolute Gasteiger partial charge is 0.444 e. The van der Waals surface area contributed by atoms with Crippen molar-refractivity contribution in [1.82, 2.24) is 5.32 Å². The third kappa shape index (κ3) is 24.6. The van der Waals surface area contributed by atoms with Gasteiger partial charge in [-0.2, -0.15) is 0 Å². The van der Waals surface area contributed by atoms with Gasteiger partial charge in [-0.1, -0.05) is 135 Å². The second kappa shape index (κ2) is 42.7. The van der Waals surface area contributed by atoms with E-state index in [1.807, 2.05) is 19.9 Å². The summed E-state index contributed by atoms with van der Waals surface area (Å²) in [4.78, 5) is 55.6. The molecule has 0 aromatic carbocycles. The second-order valence-electron chi connectivity index (χ2n) is 49.0. The Morgan fingerprint density at radius 2 is 0.985 bits per heavy atom. The molecule has 0 radical (unpaired) electrons. The van der Waals surface area contributed by atoms with Crippen LogP contribution in [0.3, 0.4) is 0 Å². The zero-order valence-electron chi connectivity index (χ0n) is 86.2. The fraction of sp³-hybridized carbons (Fsp3) is 0.868. The van der Waals surface area contributed by atoms with E-state index in [4.69, 9.17) is 84.3 Å². The number of hydrogen-bond donors (Lipinski definition) is 3. The van der Waals surface area contributed by atoms with Crippen molar-refractivity contribution in [2.45, 2.75) is 534 Å². The third-order valence-electron chi connectivity index (χ3n) is 34.8. The average molecular weight is 1930 g/mol. The minimum Gasteiger partial charge on any atom is -0.444 e. The lowest BCUT2D eigenvalue weighted by atomic mass is 9.76. The Morgan fingerprint density at radius 3 is 1.57 bits per heavy atom. The van der Waals surface area contributed by atoms with Crippen LogP contribution in [-0.2, 0) is 98.7 Å². The summed E-state index contributed by atoms with van der Waals surface area (Å²) in [7, 11) is -5.87. The minimum absolute atomic E-state index is 0.00660. The quantitative estimate of drug-likeness (QED) is 0.108. The van der Waals surface area contributed by atoms with Gasteiger partial charge in [-0.05, 0) is 224 Å². The highest BCUT2D eigenvalue weighted by atomic mass is 28.4. The number of ether oxygens (including phenoxy) is 15. The summed E-state index contributed by atoms with van der Waals surface area (Å²) in [5.41, 5.74) is 3.64. The van der Waals surface area contributed by atoms with E-state index in [0.717, 1.165) is 86.5 Å². The maximum Gasteiger partial charge on any atom is 0.407 e. The van der Waals surface area contributed by atoms with Crippen LogP contribution in [0.1, 0.15) is 285 Å². The van der Waals surface area contributed by atoms with Crippen LogP contribution in [0.15, 0.2) is 60.8 Å². The maximum absolute atomic E-state index is 14.8. The van der Waals surface area contributed by atoms with Crippen molar-refractivity contribution in [2.75, 3.05) is 13.7 Å². The van der Waals surface area contributed by atoms with Crippen LogP contribution >= 0.6 is 0 Å². The van der Waals surface area contributed by atoms with E-state index >= 15 is 0 Å². The van der Waals surface area contributed by atoms with E-state index in [9.17, 15) is 29.4 Å². The van der Waals surface area contributed by atoms with Crippen molar-refractivity contribution in [2.24, 2.45) is 35.5 Å². The van der Waals surface area contributed by atoms with E-state index < -0.39 is 115 Å². The molecule has 18 rings (SSSR count). The van der Waals surface area contributed by atoms with Crippen LogP contribution < -0.4 is 5.32 Å². The molecule has 3 N–H and O–H groups in total. The molecular formula is C106H175NO24Si3. The number of nitrogens with one attached hydrogen (secondary N) is 1. The van der Waals surface area contributed by atoms with Crippen molar-refractivity contribution in [1.29, 1.82) is 0 Å². The maximum atomic E-state index is 14.8. The van der Waals surface area contributed by atoms with Gasteiger partial charge in [0.2, 0.25) is 0 Å². The lowest BCUT2D eigenvalue weighted by Gasteiger charge is -2.56. The Morgan fingerprint density at radius 1 is 0.493 bits per heavy atom. The van der Waals surface area contributed by atoms with Crippen molar-refractivity contribution in [3.05, 3.63) is 60.8 Å². The van der Waals surface area contributed by atoms with Gasteiger partial charge in [0.05, 0.1) is 128 Å². The molecule has 0 aromatic heterocycles. The van der Waals surface area contributed by atoms with Gasteiger partial charge in [0.25, 0.3) is 0 Å². The molecule has 18 aliphatic rings. The molecule has 25 nitrogen and oxygen atoms in total. The molecule has 28 heteroatoms. The zero-order chi connectivity index (χ0) is 97.3. The Bertz CT molecular complexity index is 4110. The van der Waals surface area contributed by atoms with Gasteiger partial charge in [0, 0.05) is 89.7 Å². The normalized spacial score (nSPS) is 42.6. The Kier molecular flexibility index (Phi) is 33.9. The highest BCUT2D eigenvalue weighted by Crippen LogP contribution is 2.57. The summed E-state index contributed by atoms with van der Waals surface area (Å²) in [5.74, 6) is -0.731. The van der Waals surface area contributed by atoms with Crippen molar-refractivity contribution in [3.63, 3.8) is 0 Å². The monoisotopic (exact) mass is 1930 g/mol. The van der Waals surface area contributed by atoms with Crippen LogP contribution in [-0.4, -0.2) is 267 Å². The number of aliphatic hydroxyl groups is 2. The predicted octanol–water partition coefficient (Wildman–Crippen LogP) is 18.8. The molecule has 37 atom stereocenters. The number of ketones is 3. The number of aliphatic hydroxyl groups excluding tert-OH is 2. The number of carbonyl (C=O) groups is 4. The van der Waals surface area contributed by atoms with Crippen molar-refractivity contribution in [3.8, 4) is 0 Å². The van der Waals surface area contributed by atoms with Crippen LogP contribution in [0.2, 0.25) is 54.4 Å². The molecule has 18 aliphatic heterocycles. The first kappa shape index (κ1) is 107. The van der Waals surface area contributed by atoms with E-state index in [2.05, 4.69) is 160 Å². The van der Waals surface area contributed by atoms with E-state index in [0.29, 0.717) is 77.0 Å².